The molecule has 0 saturated carbocycles. The second-order valence-corrected chi connectivity index (χ2v) is 3.56. The number of carboxylic acids is 1. The van der Waals surface area contributed by atoms with Gasteiger partial charge in [-0.15, -0.1) is 0 Å². The molecule has 1 unspecified atom stereocenters. The Labute approximate surface area is 87.5 Å². The summed E-state index contributed by atoms with van der Waals surface area (Å²) in [6, 6.07) is 4.89. The molecule has 4 heteroatoms. The Morgan fingerprint density at radius 2 is 2.29 bits per heavy atom. The summed E-state index contributed by atoms with van der Waals surface area (Å²) < 4.78 is 0. The van der Waals surface area contributed by atoms with Gasteiger partial charge in [0.1, 0.15) is 0 Å². The molecule has 1 aromatic rings. The van der Waals surface area contributed by atoms with E-state index in [4.69, 9.17) is 22.4 Å². The van der Waals surface area contributed by atoms with Crippen LogP contribution in [0.15, 0.2) is 18.2 Å². The van der Waals surface area contributed by atoms with E-state index in [0.29, 0.717) is 10.6 Å². The Bertz CT molecular complexity index is 352. The summed E-state index contributed by atoms with van der Waals surface area (Å²) in [5.74, 6) is -0.921. The van der Waals surface area contributed by atoms with Crippen LogP contribution in [-0.2, 0) is 4.79 Å². The van der Waals surface area contributed by atoms with Crippen molar-refractivity contribution < 1.29 is 9.90 Å². The fraction of sp³-hybridized carbons (Fsp3) is 0.300. The van der Waals surface area contributed by atoms with Crippen LogP contribution in [-0.4, -0.2) is 11.1 Å². The third-order valence-corrected chi connectivity index (χ3v) is 2.53. The predicted molar refractivity (Wildman–Crippen MR) is 55.4 cm³/mol. The number of nitrogens with two attached hydrogens (primary N) is 1. The first-order valence-electron chi connectivity index (χ1n) is 4.24. The lowest BCUT2D eigenvalue weighted by atomic mass is 10.0. The summed E-state index contributed by atoms with van der Waals surface area (Å²) in [5, 5.41) is 9.14. The zero-order chi connectivity index (χ0) is 10.7. The topological polar surface area (TPSA) is 63.3 Å². The number of rotatable bonds is 3. The molecule has 0 spiro atoms. The van der Waals surface area contributed by atoms with Crippen LogP contribution >= 0.6 is 11.6 Å². The van der Waals surface area contributed by atoms with Crippen LogP contribution in [0, 0.1) is 6.92 Å². The minimum Gasteiger partial charge on any atom is -0.481 e. The highest BCUT2D eigenvalue weighted by Crippen LogP contribution is 2.26. The minimum absolute atomic E-state index is 0.108. The Kier molecular flexibility index (Phi) is 3.49. The van der Waals surface area contributed by atoms with Gasteiger partial charge in [-0.3, -0.25) is 4.79 Å². The monoisotopic (exact) mass is 213 g/mol. The fourth-order valence-electron chi connectivity index (χ4n) is 1.25. The van der Waals surface area contributed by atoms with Crippen molar-refractivity contribution in [1.82, 2.24) is 0 Å². The predicted octanol–water partition coefficient (Wildman–Crippen LogP) is 2.12. The van der Waals surface area contributed by atoms with Crippen molar-refractivity contribution in [1.29, 1.82) is 0 Å². The zero-order valence-electron chi connectivity index (χ0n) is 7.83. The van der Waals surface area contributed by atoms with Gasteiger partial charge in [0.25, 0.3) is 0 Å². The number of aryl methyl sites for hydroxylation is 1. The van der Waals surface area contributed by atoms with Crippen LogP contribution in [0.25, 0.3) is 0 Å². The fourth-order valence-corrected chi connectivity index (χ4v) is 1.52. The second-order valence-electron chi connectivity index (χ2n) is 3.18. The Hall–Kier alpha value is -1.06. The zero-order valence-corrected chi connectivity index (χ0v) is 8.58. The van der Waals surface area contributed by atoms with Gasteiger partial charge in [-0.25, -0.2) is 0 Å². The summed E-state index contributed by atoms with van der Waals surface area (Å²) in [4.78, 5) is 10.5. The molecule has 0 saturated heterocycles. The molecule has 0 radical (unpaired) electrons. The molecule has 0 fully saturated rings. The Morgan fingerprint density at radius 1 is 1.64 bits per heavy atom. The average molecular weight is 214 g/mol. The first-order chi connectivity index (χ1) is 6.52. The summed E-state index contributed by atoms with van der Waals surface area (Å²) >= 11 is 6.00. The highest BCUT2D eigenvalue weighted by Gasteiger charge is 2.14. The quantitative estimate of drug-likeness (QED) is 0.809. The Morgan fingerprint density at radius 3 is 2.86 bits per heavy atom. The average Bonchev–Trinajstić information content (AvgIpc) is 2.08. The van der Waals surface area contributed by atoms with E-state index in [-0.39, 0.29) is 6.42 Å². The molecular weight excluding hydrogens is 202 g/mol. The van der Waals surface area contributed by atoms with E-state index in [1.165, 1.54) is 0 Å². The van der Waals surface area contributed by atoms with Gasteiger partial charge >= 0.3 is 5.97 Å². The lowest BCUT2D eigenvalue weighted by Crippen LogP contribution is -2.15. The van der Waals surface area contributed by atoms with Gasteiger partial charge in [0, 0.05) is 11.1 Å². The molecule has 0 bridgehead atoms. The van der Waals surface area contributed by atoms with E-state index < -0.39 is 12.0 Å². The molecule has 14 heavy (non-hydrogen) atoms. The van der Waals surface area contributed by atoms with Crippen LogP contribution in [0.4, 0.5) is 0 Å². The van der Waals surface area contributed by atoms with Crippen molar-refractivity contribution >= 4 is 17.6 Å². The molecule has 3 N–H and O–H groups in total. The number of benzene rings is 1. The molecule has 1 aromatic carbocycles. The molecule has 3 nitrogen and oxygen atoms in total. The highest BCUT2D eigenvalue weighted by molar-refractivity contribution is 6.32. The van der Waals surface area contributed by atoms with Crippen molar-refractivity contribution in [2.45, 2.75) is 19.4 Å². The van der Waals surface area contributed by atoms with Crippen molar-refractivity contribution in [2.24, 2.45) is 5.73 Å². The van der Waals surface area contributed by atoms with Gasteiger partial charge in [0.2, 0.25) is 0 Å². The van der Waals surface area contributed by atoms with Crippen molar-refractivity contribution in [3.05, 3.63) is 34.3 Å². The lowest BCUT2D eigenvalue weighted by Gasteiger charge is -2.12. The summed E-state index contributed by atoms with van der Waals surface area (Å²) in [7, 11) is 0. The first kappa shape index (κ1) is 11.0. The molecule has 76 valence electrons. The Balaban J connectivity index is 2.95. The van der Waals surface area contributed by atoms with Gasteiger partial charge in [0.15, 0.2) is 0 Å². The van der Waals surface area contributed by atoms with Crippen molar-refractivity contribution in [2.75, 3.05) is 0 Å². The third-order valence-electron chi connectivity index (χ3n) is 2.02. The molecular formula is C10H12ClNO2. The number of halogens is 1. The van der Waals surface area contributed by atoms with Gasteiger partial charge in [-0.05, 0) is 18.1 Å². The van der Waals surface area contributed by atoms with Gasteiger partial charge < -0.3 is 10.8 Å². The molecule has 0 aromatic heterocycles. The van der Waals surface area contributed by atoms with Gasteiger partial charge in [-0.2, -0.15) is 0 Å². The standard InChI is InChI=1S/C10H12ClNO2/c1-6-3-2-4-7(10(6)11)8(12)5-9(13)14/h2-4,8H,5,12H2,1H3,(H,13,14). The van der Waals surface area contributed by atoms with Gasteiger partial charge in [-0.1, -0.05) is 29.8 Å². The van der Waals surface area contributed by atoms with E-state index >= 15 is 0 Å². The van der Waals surface area contributed by atoms with E-state index in [2.05, 4.69) is 0 Å². The third kappa shape index (κ3) is 2.47. The van der Waals surface area contributed by atoms with E-state index in [1.807, 2.05) is 19.1 Å². The lowest BCUT2D eigenvalue weighted by molar-refractivity contribution is -0.137. The molecule has 0 aliphatic heterocycles. The SMILES string of the molecule is Cc1cccc(C(N)CC(=O)O)c1Cl. The molecule has 0 aliphatic rings. The maximum absolute atomic E-state index is 10.5. The van der Waals surface area contributed by atoms with E-state index in [9.17, 15) is 4.79 Å². The largest absolute Gasteiger partial charge is 0.481 e. The smallest absolute Gasteiger partial charge is 0.305 e. The van der Waals surface area contributed by atoms with Crippen LogP contribution in [0.1, 0.15) is 23.6 Å². The first-order valence-corrected chi connectivity index (χ1v) is 4.62. The van der Waals surface area contributed by atoms with Crippen LogP contribution < -0.4 is 5.73 Å². The number of hydrogen-bond acceptors (Lipinski definition) is 2. The van der Waals surface area contributed by atoms with E-state index in [0.717, 1.165) is 5.56 Å². The maximum atomic E-state index is 10.5. The highest BCUT2D eigenvalue weighted by atomic mass is 35.5. The van der Waals surface area contributed by atoms with Crippen molar-refractivity contribution in [3.63, 3.8) is 0 Å². The number of aliphatic carboxylic acids is 1. The van der Waals surface area contributed by atoms with Crippen LogP contribution in [0.3, 0.4) is 0 Å². The maximum Gasteiger partial charge on any atom is 0.305 e. The van der Waals surface area contributed by atoms with E-state index in [1.54, 1.807) is 6.07 Å². The summed E-state index contributed by atoms with van der Waals surface area (Å²) in [6.07, 6.45) is -0.108. The molecule has 0 aliphatic carbocycles. The van der Waals surface area contributed by atoms with Gasteiger partial charge in [0.05, 0.1) is 6.42 Å². The normalized spacial score (nSPS) is 12.5. The summed E-state index contributed by atoms with van der Waals surface area (Å²) in [6.45, 7) is 1.86. The van der Waals surface area contributed by atoms with Crippen LogP contribution in [0.5, 0.6) is 0 Å². The van der Waals surface area contributed by atoms with Crippen LogP contribution in [0.2, 0.25) is 5.02 Å². The molecule has 1 rings (SSSR count). The molecule has 1 atom stereocenters. The number of hydrogen-bond donors (Lipinski definition) is 2. The molecule has 0 heterocycles. The number of carbonyl (C=O) groups is 1. The second kappa shape index (κ2) is 4.44. The summed E-state index contributed by atoms with van der Waals surface area (Å²) in [5.41, 5.74) is 7.30. The van der Waals surface area contributed by atoms with Crippen molar-refractivity contribution in [3.8, 4) is 0 Å². The minimum atomic E-state index is -0.921. The number of carboxylic acid groups (broad SMARTS) is 1. The molecule has 0 amide bonds.